The van der Waals surface area contributed by atoms with Crippen LogP contribution in [0.1, 0.15) is 29.8 Å². The van der Waals surface area contributed by atoms with Gasteiger partial charge in [-0.2, -0.15) is 0 Å². The SMILES string of the molecule is CC(C)NC(=O)c1ccc(-c2nc3cc(NS(=O)(=O)Cc4ccccc4F)ccc3n2C)cc1. The highest BCUT2D eigenvalue weighted by Crippen LogP contribution is 2.27. The van der Waals surface area contributed by atoms with E-state index >= 15 is 0 Å². The molecule has 0 radical (unpaired) electrons. The molecule has 0 atom stereocenters. The van der Waals surface area contributed by atoms with Gasteiger partial charge in [-0.3, -0.25) is 9.52 Å². The van der Waals surface area contributed by atoms with Gasteiger partial charge in [-0.25, -0.2) is 17.8 Å². The molecule has 3 aromatic carbocycles. The number of aromatic nitrogens is 2. The van der Waals surface area contributed by atoms with Crippen molar-refractivity contribution in [3.8, 4) is 11.4 Å². The van der Waals surface area contributed by atoms with Crippen molar-refractivity contribution in [2.45, 2.75) is 25.6 Å². The first-order chi connectivity index (χ1) is 16.1. The molecular formula is C25H25FN4O3S. The van der Waals surface area contributed by atoms with Crippen LogP contribution in [0.2, 0.25) is 0 Å². The Morgan fingerprint density at radius 1 is 1.06 bits per heavy atom. The van der Waals surface area contributed by atoms with Gasteiger partial charge in [0.25, 0.3) is 5.91 Å². The van der Waals surface area contributed by atoms with Crippen LogP contribution in [0, 0.1) is 5.82 Å². The summed E-state index contributed by atoms with van der Waals surface area (Å²) in [5.41, 5.74) is 3.24. The molecule has 9 heteroatoms. The average Bonchev–Trinajstić information content (AvgIpc) is 3.10. The maximum absolute atomic E-state index is 13.9. The third kappa shape index (κ3) is 5.09. The predicted molar refractivity (Wildman–Crippen MR) is 131 cm³/mol. The van der Waals surface area contributed by atoms with Gasteiger partial charge in [0.2, 0.25) is 10.0 Å². The monoisotopic (exact) mass is 480 g/mol. The van der Waals surface area contributed by atoms with Gasteiger partial charge < -0.3 is 9.88 Å². The summed E-state index contributed by atoms with van der Waals surface area (Å²) in [6, 6.07) is 18.0. The van der Waals surface area contributed by atoms with E-state index in [1.807, 2.05) is 37.6 Å². The number of carbonyl (C=O) groups is 1. The predicted octanol–water partition coefficient (Wildman–Crippen LogP) is 4.46. The zero-order valence-electron chi connectivity index (χ0n) is 19.0. The zero-order valence-corrected chi connectivity index (χ0v) is 19.9. The van der Waals surface area contributed by atoms with Crippen molar-refractivity contribution in [1.29, 1.82) is 0 Å². The van der Waals surface area contributed by atoms with E-state index in [2.05, 4.69) is 15.0 Å². The number of sulfonamides is 1. The van der Waals surface area contributed by atoms with E-state index < -0.39 is 21.6 Å². The van der Waals surface area contributed by atoms with Gasteiger partial charge in [0, 0.05) is 29.8 Å². The Hall–Kier alpha value is -3.72. The number of rotatable bonds is 7. The number of carbonyl (C=O) groups excluding carboxylic acids is 1. The number of hydrogen-bond acceptors (Lipinski definition) is 4. The van der Waals surface area contributed by atoms with E-state index in [0.717, 1.165) is 11.1 Å². The molecular weight excluding hydrogens is 455 g/mol. The number of nitrogens with zero attached hydrogens (tertiary/aromatic N) is 2. The maximum atomic E-state index is 13.9. The number of imidazole rings is 1. The number of fused-ring (bicyclic) bond motifs is 1. The molecule has 7 nitrogen and oxygen atoms in total. The number of halogens is 1. The number of amides is 1. The Labute approximate surface area is 197 Å². The fourth-order valence-electron chi connectivity index (χ4n) is 3.67. The van der Waals surface area contributed by atoms with Gasteiger partial charge in [0.1, 0.15) is 11.6 Å². The Kier molecular flexibility index (Phi) is 6.39. The highest BCUT2D eigenvalue weighted by atomic mass is 32.2. The topological polar surface area (TPSA) is 93.1 Å². The normalized spacial score (nSPS) is 11.7. The summed E-state index contributed by atoms with van der Waals surface area (Å²) < 4.78 is 43.4. The first kappa shape index (κ1) is 23.4. The molecule has 0 bridgehead atoms. The maximum Gasteiger partial charge on any atom is 0.251 e. The molecule has 0 fully saturated rings. The first-order valence-electron chi connectivity index (χ1n) is 10.7. The van der Waals surface area contributed by atoms with Gasteiger partial charge in [-0.1, -0.05) is 30.3 Å². The molecule has 1 amide bonds. The van der Waals surface area contributed by atoms with Crippen LogP contribution in [-0.4, -0.2) is 29.9 Å². The molecule has 0 saturated heterocycles. The summed E-state index contributed by atoms with van der Waals surface area (Å²) in [5, 5.41) is 2.86. The summed E-state index contributed by atoms with van der Waals surface area (Å²) in [7, 11) is -1.95. The second kappa shape index (κ2) is 9.26. The van der Waals surface area contributed by atoms with E-state index in [9.17, 15) is 17.6 Å². The van der Waals surface area contributed by atoms with Crippen LogP contribution < -0.4 is 10.0 Å². The zero-order chi connectivity index (χ0) is 24.5. The van der Waals surface area contributed by atoms with Crippen molar-refractivity contribution in [3.63, 3.8) is 0 Å². The standard InChI is InChI=1S/C25H25FN4O3S/c1-16(2)27-25(31)18-10-8-17(9-11-18)24-28-22-14-20(12-13-23(22)30(24)3)29-34(32,33)15-19-6-4-5-7-21(19)26/h4-14,16,29H,15H2,1-3H3,(H,27,31). The number of anilines is 1. The van der Waals surface area contributed by atoms with E-state index in [1.54, 1.807) is 36.4 Å². The molecule has 176 valence electrons. The third-order valence-corrected chi connectivity index (χ3v) is 6.52. The lowest BCUT2D eigenvalue weighted by atomic mass is 10.1. The summed E-state index contributed by atoms with van der Waals surface area (Å²) in [4.78, 5) is 16.8. The van der Waals surface area contributed by atoms with Crippen molar-refractivity contribution in [2.75, 3.05) is 4.72 Å². The second-order valence-corrected chi connectivity index (χ2v) is 10.1. The molecule has 2 N–H and O–H groups in total. The fourth-order valence-corrected chi connectivity index (χ4v) is 4.88. The highest BCUT2D eigenvalue weighted by Gasteiger charge is 2.17. The molecule has 34 heavy (non-hydrogen) atoms. The molecule has 0 aliphatic heterocycles. The minimum absolute atomic E-state index is 0.0466. The van der Waals surface area contributed by atoms with Gasteiger partial charge in [-0.05, 0) is 50.2 Å². The van der Waals surface area contributed by atoms with Crippen molar-refractivity contribution >= 4 is 32.7 Å². The van der Waals surface area contributed by atoms with Crippen LogP contribution in [-0.2, 0) is 22.8 Å². The molecule has 4 rings (SSSR count). The van der Waals surface area contributed by atoms with Crippen molar-refractivity contribution in [1.82, 2.24) is 14.9 Å². The van der Waals surface area contributed by atoms with Gasteiger partial charge in [0.05, 0.1) is 22.5 Å². The van der Waals surface area contributed by atoms with Crippen LogP contribution in [0.15, 0.2) is 66.7 Å². The number of nitrogens with one attached hydrogen (secondary N) is 2. The third-order valence-electron chi connectivity index (χ3n) is 5.28. The van der Waals surface area contributed by atoms with Crippen molar-refractivity contribution in [3.05, 3.63) is 83.7 Å². The van der Waals surface area contributed by atoms with Crippen LogP contribution >= 0.6 is 0 Å². The Morgan fingerprint density at radius 3 is 2.44 bits per heavy atom. The van der Waals surface area contributed by atoms with Crippen LogP contribution in [0.25, 0.3) is 22.4 Å². The summed E-state index contributed by atoms with van der Waals surface area (Å²) in [6.07, 6.45) is 0. The lowest BCUT2D eigenvalue weighted by molar-refractivity contribution is 0.0943. The lowest BCUT2D eigenvalue weighted by Gasteiger charge is -2.09. The first-order valence-corrected chi connectivity index (χ1v) is 12.4. The fraction of sp³-hybridized carbons (Fsp3) is 0.200. The van der Waals surface area contributed by atoms with Crippen molar-refractivity contribution in [2.24, 2.45) is 7.05 Å². The Bertz CT molecular complexity index is 1460. The van der Waals surface area contributed by atoms with Gasteiger partial charge in [0.15, 0.2) is 0 Å². The molecule has 1 heterocycles. The average molecular weight is 481 g/mol. The lowest BCUT2D eigenvalue weighted by Crippen LogP contribution is -2.29. The highest BCUT2D eigenvalue weighted by molar-refractivity contribution is 7.91. The smallest absolute Gasteiger partial charge is 0.251 e. The quantitative estimate of drug-likeness (QED) is 0.408. The molecule has 0 spiro atoms. The van der Waals surface area contributed by atoms with Crippen LogP contribution in [0.4, 0.5) is 10.1 Å². The molecule has 0 aliphatic carbocycles. The largest absolute Gasteiger partial charge is 0.350 e. The minimum atomic E-state index is -3.82. The van der Waals surface area contributed by atoms with Crippen LogP contribution in [0.3, 0.4) is 0 Å². The Balaban J connectivity index is 1.58. The summed E-state index contributed by atoms with van der Waals surface area (Å²) >= 11 is 0. The number of aryl methyl sites for hydroxylation is 1. The second-order valence-electron chi connectivity index (χ2n) is 8.36. The molecule has 1 aromatic heterocycles. The number of hydrogen-bond donors (Lipinski definition) is 2. The molecule has 0 unspecified atom stereocenters. The summed E-state index contributed by atoms with van der Waals surface area (Å²) in [6.45, 7) is 3.81. The van der Waals surface area contributed by atoms with Crippen molar-refractivity contribution < 1.29 is 17.6 Å². The van der Waals surface area contributed by atoms with Crippen LogP contribution in [0.5, 0.6) is 0 Å². The minimum Gasteiger partial charge on any atom is -0.350 e. The molecule has 0 aliphatic rings. The summed E-state index contributed by atoms with van der Waals surface area (Å²) in [5.74, 6) is -0.497. The van der Waals surface area contributed by atoms with E-state index in [-0.39, 0.29) is 17.5 Å². The van der Waals surface area contributed by atoms with Gasteiger partial charge >= 0.3 is 0 Å². The van der Waals surface area contributed by atoms with Gasteiger partial charge in [-0.15, -0.1) is 0 Å². The van der Waals surface area contributed by atoms with E-state index in [0.29, 0.717) is 22.6 Å². The van der Waals surface area contributed by atoms with E-state index in [4.69, 9.17) is 0 Å². The number of benzene rings is 3. The Morgan fingerprint density at radius 2 is 1.76 bits per heavy atom. The van der Waals surface area contributed by atoms with E-state index in [1.165, 1.54) is 18.2 Å². The molecule has 4 aromatic rings. The molecule has 0 saturated carbocycles.